The Kier molecular flexibility index (Phi) is 7.14. The first-order valence-corrected chi connectivity index (χ1v) is 8.01. The van der Waals surface area contributed by atoms with Crippen molar-refractivity contribution >= 4 is 11.8 Å². The number of ether oxygens (including phenoxy) is 2. The fourth-order valence-corrected chi connectivity index (χ4v) is 2.56. The molecular formula is C17H23FN2O4. The Balaban J connectivity index is 1.72. The summed E-state index contributed by atoms with van der Waals surface area (Å²) >= 11 is 0. The molecule has 0 spiro atoms. The van der Waals surface area contributed by atoms with Crippen molar-refractivity contribution in [2.75, 3.05) is 40.0 Å². The molecule has 1 heterocycles. The highest BCUT2D eigenvalue weighted by Gasteiger charge is 2.24. The Morgan fingerprint density at radius 2 is 2.04 bits per heavy atom. The summed E-state index contributed by atoms with van der Waals surface area (Å²) in [5.74, 6) is -0.778. The summed E-state index contributed by atoms with van der Waals surface area (Å²) in [7, 11) is 1.58. The van der Waals surface area contributed by atoms with Gasteiger partial charge in [-0.1, -0.05) is 6.07 Å². The molecule has 0 aliphatic carbocycles. The quantitative estimate of drug-likeness (QED) is 0.759. The van der Waals surface area contributed by atoms with Crippen LogP contribution in [-0.2, 0) is 14.3 Å². The summed E-state index contributed by atoms with van der Waals surface area (Å²) in [6, 6.07) is 5.59. The zero-order valence-corrected chi connectivity index (χ0v) is 13.8. The average molecular weight is 338 g/mol. The highest BCUT2D eigenvalue weighted by Crippen LogP contribution is 2.12. The number of likely N-dealkylation sites (tertiary alicyclic amines) is 1. The Hall–Kier alpha value is -1.99. The predicted octanol–water partition coefficient (Wildman–Crippen LogP) is 1.21. The molecule has 1 aromatic carbocycles. The van der Waals surface area contributed by atoms with Crippen LogP contribution in [0.2, 0.25) is 0 Å². The molecule has 24 heavy (non-hydrogen) atoms. The van der Waals surface area contributed by atoms with Crippen molar-refractivity contribution in [3.8, 4) is 0 Å². The van der Waals surface area contributed by atoms with E-state index in [4.69, 9.17) is 9.47 Å². The van der Waals surface area contributed by atoms with E-state index < -0.39 is 5.82 Å². The number of piperidine rings is 1. The molecule has 0 atom stereocenters. The molecule has 0 aromatic heterocycles. The van der Waals surface area contributed by atoms with Crippen molar-refractivity contribution in [2.24, 2.45) is 0 Å². The van der Waals surface area contributed by atoms with E-state index in [-0.39, 0.29) is 24.5 Å². The maximum Gasteiger partial charge on any atom is 0.251 e. The third-order valence-corrected chi connectivity index (χ3v) is 3.93. The van der Waals surface area contributed by atoms with Crippen LogP contribution in [0.5, 0.6) is 0 Å². The molecule has 0 saturated carbocycles. The van der Waals surface area contributed by atoms with Crippen molar-refractivity contribution in [3.05, 3.63) is 35.6 Å². The monoisotopic (exact) mass is 338 g/mol. The Morgan fingerprint density at radius 1 is 1.29 bits per heavy atom. The molecule has 1 aliphatic heterocycles. The molecule has 1 saturated heterocycles. The predicted molar refractivity (Wildman–Crippen MR) is 86.2 cm³/mol. The zero-order valence-electron chi connectivity index (χ0n) is 13.8. The van der Waals surface area contributed by atoms with Gasteiger partial charge in [0.05, 0.1) is 13.2 Å². The van der Waals surface area contributed by atoms with Gasteiger partial charge in [0.2, 0.25) is 5.91 Å². The number of nitrogens with zero attached hydrogens (tertiary/aromatic N) is 1. The van der Waals surface area contributed by atoms with Crippen LogP contribution in [0, 0.1) is 5.82 Å². The van der Waals surface area contributed by atoms with Gasteiger partial charge in [0.25, 0.3) is 5.91 Å². The lowest BCUT2D eigenvalue weighted by molar-refractivity contribution is -0.137. The van der Waals surface area contributed by atoms with Crippen molar-refractivity contribution in [1.82, 2.24) is 10.2 Å². The van der Waals surface area contributed by atoms with E-state index in [0.717, 1.165) is 0 Å². The molecule has 0 bridgehead atoms. The van der Waals surface area contributed by atoms with Crippen LogP contribution in [0.15, 0.2) is 24.3 Å². The van der Waals surface area contributed by atoms with Crippen molar-refractivity contribution in [1.29, 1.82) is 0 Å². The summed E-state index contributed by atoms with van der Waals surface area (Å²) in [5.41, 5.74) is 0.306. The number of nitrogens with one attached hydrogen (secondary N) is 1. The van der Waals surface area contributed by atoms with Crippen LogP contribution in [0.1, 0.15) is 23.2 Å². The minimum atomic E-state index is -0.434. The van der Waals surface area contributed by atoms with Gasteiger partial charge in [-0.25, -0.2) is 4.39 Å². The van der Waals surface area contributed by atoms with Gasteiger partial charge >= 0.3 is 0 Å². The fraction of sp³-hybridized carbons (Fsp3) is 0.529. The molecular weight excluding hydrogens is 315 g/mol. The maximum absolute atomic E-state index is 13.2. The molecule has 0 radical (unpaired) electrons. The van der Waals surface area contributed by atoms with Crippen molar-refractivity contribution < 1.29 is 23.5 Å². The number of carbonyl (C=O) groups excluding carboxylic acids is 2. The maximum atomic E-state index is 13.2. The molecule has 1 aliphatic rings. The van der Waals surface area contributed by atoms with Crippen LogP contribution in [0.3, 0.4) is 0 Å². The third kappa shape index (κ3) is 5.58. The molecule has 6 nitrogen and oxygen atoms in total. The number of benzene rings is 1. The zero-order chi connectivity index (χ0) is 17.4. The first-order valence-electron chi connectivity index (χ1n) is 8.01. The number of hydrogen-bond acceptors (Lipinski definition) is 4. The normalized spacial score (nSPS) is 15.3. The summed E-state index contributed by atoms with van der Waals surface area (Å²) in [6.45, 7) is 2.04. The highest BCUT2D eigenvalue weighted by atomic mass is 19.1. The Morgan fingerprint density at radius 3 is 2.71 bits per heavy atom. The average Bonchev–Trinajstić information content (AvgIpc) is 2.59. The molecule has 132 valence electrons. The van der Waals surface area contributed by atoms with Crippen LogP contribution in [0.4, 0.5) is 4.39 Å². The standard InChI is InChI=1S/C17H23FN2O4/c1-23-9-10-24-12-16(21)20-7-5-15(6-8-20)19-17(22)13-3-2-4-14(18)11-13/h2-4,11,15H,5-10,12H2,1H3,(H,19,22). The Bertz CT molecular complexity index is 559. The first-order chi connectivity index (χ1) is 11.6. The summed E-state index contributed by atoms with van der Waals surface area (Å²) in [5, 5.41) is 2.89. The molecule has 1 fully saturated rings. The van der Waals surface area contributed by atoms with Crippen LogP contribution in [-0.4, -0.2) is 62.8 Å². The van der Waals surface area contributed by atoms with E-state index in [1.165, 1.54) is 18.2 Å². The largest absolute Gasteiger partial charge is 0.382 e. The second-order valence-corrected chi connectivity index (χ2v) is 5.68. The van der Waals surface area contributed by atoms with E-state index in [2.05, 4.69) is 5.32 Å². The minimum absolute atomic E-state index is 0.0146. The topological polar surface area (TPSA) is 67.9 Å². The molecule has 7 heteroatoms. The van der Waals surface area contributed by atoms with Gasteiger partial charge in [0.15, 0.2) is 0 Å². The second kappa shape index (κ2) is 9.34. The first kappa shape index (κ1) is 18.4. The van der Waals surface area contributed by atoms with Crippen LogP contribution < -0.4 is 5.32 Å². The molecule has 2 rings (SSSR count). The minimum Gasteiger partial charge on any atom is -0.382 e. The second-order valence-electron chi connectivity index (χ2n) is 5.68. The lowest BCUT2D eigenvalue weighted by Crippen LogP contribution is -2.47. The smallest absolute Gasteiger partial charge is 0.251 e. The number of halogens is 1. The van der Waals surface area contributed by atoms with E-state index in [1.54, 1.807) is 18.1 Å². The molecule has 1 aromatic rings. The molecule has 1 N–H and O–H groups in total. The Labute approximate surface area is 140 Å². The lowest BCUT2D eigenvalue weighted by Gasteiger charge is -2.32. The molecule has 0 unspecified atom stereocenters. The number of carbonyl (C=O) groups is 2. The fourth-order valence-electron chi connectivity index (χ4n) is 2.56. The number of rotatable bonds is 7. The van der Waals surface area contributed by atoms with E-state index in [9.17, 15) is 14.0 Å². The third-order valence-electron chi connectivity index (χ3n) is 3.93. The number of hydrogen-bond donors (Lipinski definition) is 1. The van der Waals surface area contributed by atoms with Crippen molar-refractivity contribution in [2.45, 2.75) is 18.9 Å². The van der Waals surface area contributed by atoms with Gasteiger partial charge < -0.3 is 19.7 Å². The lowest BCUT2D eigenvalue weighted by atomic mass is 10.0. The number of methoxy groups -OCH3 is 1. The van der Waals surface area contributed by atoms with E-state index >= 15 is 0 Å². The summed E-state index contributed by atoms with van der Waals surface area (Å²) in [6.07, 6.45) is 1.34. The van der Waals surface area contributed by atoms with Gasteiger partial charge in [0, 0.05) is 31.8 Å². The highest BCUT2D eigenvalue weighted by molar-refractivity contribution is 5.94. The van der Waals surface area contributed by atoms with E-state index in [1.807, 2.05) is 0 Å². The summed E-state index contributed by atoms with van der Waals surface area (Å²) in [4.78, 5) is 25.8. The van der Waals surface area contributed by atoms with Gasteiger partial charge in [-0.05, 0) is 31.0 Å². The van der Waals surface area contributed by atoms with Gasteiger partial charge in [-0.15, -0.1) is 0 Å². The van der Waals surface area contributed by atoms with E-state index in [0.29, 0.717) is 44.7 Å². The molecule has 2 amide bonds. The van der Waals surface area contributed by atoms with Crippen LogP contribution in [0.25, 0.3) is 0 Å². The van der Waals surface area contributed by atoms with Gasteiger partial charge in [0.1, 0.15) is 12.4 Å². The van der Waals surface area contributed by atoms with Crippen LogP contribution >= 0.6 is 0 Å². The number of amides is 2. The summed E-state index contributed by atoms with van der Waals surface area (Å²) < 4.78 is 23.2. The van der Waals surface area contributed by atoms with Gasteiger partial charge in [-0.2, -0.15) is 0 Å². The SMILES string of the molecule is COCCOCC(=O)N1CCC(NC(=O)c2cccc(F)c2)CC1. The van der Waals surface area contributed by atoms with Gasteiger partial charge in [-0.3, -0.25) is 9.59 Å². The van der Waals surface area contributed by atoms with Crippen molar-refractivity contribution in [3.63, 3.8) is 0 Å².